The summed E-state index contributed by atoms with van der Waals surface area (Å²) in [6, 6.07) is 0. The molecule has 0 bridgehead atoms. The molecule has 1 rings (SSSR count). The van der Waals surface area contributed by atoms with Gasteiger partial charge in [-0.05, 0) is 5.92 Å². The van der Waals surface area contributed by atoms with Gasteiger partial charge in [0.05, 0.1) is 0 Å². The molecule has 1 aliphatic rings. The van der Waals surface area contributed by atoms with Crippen LogP contribution in [-0.4, -0.2) is 11.1 Å². The van der Waals surface area contributed by atoms with Gasteiger partial charge in [0.1, 0.15) is 0 Å². The van der Waals surface area contributed by atoms with E-state index < -0.39 is 5.97 Å². The van der Waals surface area contributed by atoms with Crippen molar-refractivity contribution in [1.29, 1.82) is 0 Å². The number of carboxylic acid groups (broad SMARTS) is 1. The Kier molecular flexibility index (Phi) is 4.99. The van der Waals surface area contributed by atoms with Crippen LogP contribution in [0.4, 0.5) is 0 Å². The Bertz CT molecular complexity index is 89.4. The highest BCUT2D eigenvalue weighted by atomic mass is 16.4. The summed E-state index contributed by atoms with van der Waals surface area (Å²) < 4.78 is 0. The fourth-order valence-corrected chi connectivity index (χ4v) is 1.13. The van der Waals surface area contributed by atoms with E-state index in [2.05, 4.69) is 6.92 Å². The molecule has 0 aromatic rings. The fraction of sp³-hybridized carbons (Fsp3) is 0.875. The maximum absolute atomic E-state index is 9.00. The van der Waals surface area contributed by atoms with Crippen molar-refractivity contribution in [3.8, 4) is 0 Å². The third kappa shape index (κ3) is 7.47. The summed E-state index contributed by atoms with van der Waals surface area (Å²) in [5.74, 6) is 0.213. The van der Waals surface area contributed by atoms with E-state index in [0.717, 1.165) is 12.8 Å². The highest BCUT2D eigenvalue weighted by Crippen LogP contribution is 2.22. The molecule has 1 fully saturated rings. The Hall–Kier alpha value is -0.530. The molecule has 2 heteroatoms. The number of hydrogen-bond donors (Lipinski definition) is 1. The minimum atomic E-state index is -0.833. The lowest BCUT2D eigenvalue weighted by Crippen LogP contribution is -1.78. The van der Waals surface area contributed by atoms with E-state index in [9.17, 15) is 0 Å². The first kappa shape index (κ1) is 9.47. The van der Waals surface area contributed by atoms with Crippen LogP contribution in [0.15, 0.2) is 0 Å². The molecule has 0 aliphatic heterocycles. The topological polar surface area (TPSA) is 37.3 Å². The highest BCUT2D eigenvalue weighted by Gasteiger charge is 2.07. The molecule has 10 heavy (non-hydrogen) atoms. The second kappa shape index (κ2) is 5.27. The molecule has 2 nitrogen and oxygen atoms in total. The minimum absolute atomic E-state index is 0.833. The molecule has 0 aromatic heterocycles. The minimum Gasteiger partial charge on any atom is -0.481 e. The second-order valence-corrected chi connectivity index (χ2v) is 2.91. The van der Waals surface area contributed by atoms with Crippen molar-refractivity contribution in [2.75, 3.05) is 0 Å². The van der Waals surface area contributed by atoms with Crippen LogP contribution < -0.4 is 0 Å². The summed E-state index contributed by atoms with van der Waals surface area (Å²) in [6.07, 6.45) is 5.95. The molecule has 0 amide bonds. The van der Waals surface area contributed by atoms with Crippen LogP contribution in [0.3, 0.4) is 0 Å². The highest BCUT2D eigenvalue weighted by molar-refractivity contribution is 5.62. The molecule has 0 saturated heterocycles. The lowest BCUT2D eigenvalue weighted by atomic mass is 10.2. The maximum Gasteiger partial charge on any atom is 0.300 e. The second-order valence-electron chi connectivity index (χ2n) is 2.91. The van der Waals surface area contributed by atoms with Crippen molar-refractivity contribution >= 4 is 5.97 Å². The smallest absolute Gasteiger partial charge is 0.300 e. The first-order chi connectivity index (χ1) is 4.63. The Morgan fingerprint density at radius 2 is 1.70 bits per heavy atom. The molecule has 1 aliphatic carbocycles. The molecule has 0 heterocycles. The lowest BCUT2D eigenvalue weighted by molar-refractivity contribution is -0.134. The molecular weight excluding hydrogens is 128 g/mol. The van der Waals surface area contributed by atoms with E-state index in [-0.39, 0.29) is 0 Å². The quantitative estimate of drug-likeness (QED) is 0.566. The number of hydrogen-bond acceptors (Lipinski definition) is 1. The number of aliphatic carboxylic acids is 1. The summed E-state index contributed by atoms with van der Waals surface area (Å²) in [6.45, 7) is 3.42. The van der Waals surface area contributed by atoms with Crippen LogP contribution in [0.5, 0.6) is 0 Å². The van der Waals surface area contributed by atoms with Gasteiger partial charge in [0, 0.05) is 6.92 Å². The van der Waals surface area contributed by atoms with Crippen LogP contribution in [0.2, 0.25) is 0 Å². The average Bonchev–Trinajstić information content (AvgIpc) is 2.15. The van der Waals surface area contributed by atoms with Gasteiger partial charge in [-0.1, -0.05) is 32.6 Å². The summed E-state index contributed by atoms with van der Waals surface area (Å²) in [5, 5.41) is 7.42. The van der Waals surface area contributed by atoms with Crippen LogP contribution in [0.25, 0.3) is 0 Å². The zero-order valence-electron chi connectivity index (χ0n) is 6.76. The average molecular weight is 144 g/mol. The SMILES string of the molecule is CC(=O)O.CC1CCCC1. The Morgan fingerprint density at radius 3 is 1.80 bits per heavy atom. The Balaban J connectivity index is 0.000000180. The zero-order valence-corrected chi connectivity index (χ0v) is 6.76. The standard InChI is InChI=1S/C6H12.C2H4O2/c1-6-4-2-3-5-6;1-2(3)4/h6H,2-5H2,1H3;1H3,(H,3,4). The molecule has 0 aromatic carbocycles. The van der Waals surface area contributed by atoms with E-state index in [1.54, 1.807) is 0 Å². The first-order valence-corrected chi connectivity index (χ1v) is 3.82. The normalized spacial score (nSPS) is 17.8. The van der Waals surface area contributed by atoms with Crippen molar-refractivity contribution in [2.45, 2.75) is 39.5 Å². The molecule has 0 atom stereocenters. The van der Waals surface area contributed by atoms with Crippen LogP contribution in [0.1, 0.15) is 39.5 Å². The number of rotatable bonds is 0. The van der Waals surface area contributed by atoms with Gasteiger partial charge < -0.3 is 5.11 Å². The Labute approximate surface area is 62.2 Å². The van der Waals surface area contributed by atoms with Crippen molar-refractivity contribution < 1.29 is 9.90 Å². The largest absolute Gasteiger partial charge is 0.481 e. The monoisotopic (exact) mass is 144 g/mol. The van der Waals surface area contributed by atoms with Crippen molar-refractivity contribution in [2.24, 2.45) is 5.92 Å². The van der Waals surface area contributed by atoms with Gasteiger partial charge in [-0.2, -0.15) is 0 Å². The third-order valence-electron chi connectivity index (χ3n) is 1.64. The van der Waals surface area contributed by atoms with Gasteiger partial charge in [-0.15, -0.1) is 0 Å². The van der Waals surface area contributed by atoms with Gasteiger partial charge in [-0.25, -0.2) is 0 Å². The van der Waals surface area contributed by atoms with Crippen LogP contribution >= 0.6 is 0 Å². The first-order valence-electron chi connectivity index (χ1n) is 3.82. The molecule has 0 spiro atoms. The van der Waals surface area contributed by atoms with Crippen molar-refractivity contribution in [3.05, 3.63) is 0 Å². The van der Waals surface area contributed by atoms with E-state index in [0.29, 0.717) is 0 Å². The van der Waals surface area contributed by atoms with Gasteiger partial charge in [0.25, 0.3) is 5.97 Å². The Morgan fingerprint density at radius 1 is 1.40 bits per heavy atom. The van der Waals surface area contributed by atoms with Crippen LogP contribution in [0, 0.1) is 5.92 Å². The summed E-state index contributed by atoms with van der Waals surface area (Å²) in [7, 11) is 0. The molecule has 0 radical (unpaired) electrons. The summed E-state index contributed by atoms with van der Waals surface area (Å²) >= 11 is 0. The number of carbonyl (C=O) groups is 1. The van der Waals surface area contributed by atoms with Gasteiger partial charge in [-0.3, -0.25) is 4.79 Å². The van der Waals surface area contributed by atoms with Crippen LogP contribution in [-0.2, 0) is 4.79 Å². The summed E-state index contributed by atoms with van der Waals surface area (Å²) in [4.78, 5) is 9.00. The lowest BCUT2D eigenvalue weighted by Gasteiger charge is -1.91. The van der Waals surface area contributed by atoms with E-state index in [4.69, 9.17) is 9.90 Å². The predicted molar refractivity (Wildman–Crippen MR) is 40.9 cm³/mol. The van der Waals surface area contributed by atoms with Gasteiger partial charge in [0.15, 0.2) is 0 Å². The van der Waals surface area contributed by atoms with Crippen molar-refractivity contribution in [1.82, 2.24) is 0 Å². The predicted octanol–water partition coefficient (Wildman–Crippen LogP) is 2.29. The molecule has 60 valence electrons. The molecule has 1 N–H and O–H groups in total. The zero-order chi connectivity index (χ0) is 7.98. The third-order valence-corrected chi connectivity index (χ3v) is 1.64. The van der Waals surface area contributed by atoms with Gasteiger partial charge in [0.2, 0.25) is 0 Å². The molecular formula is C8H16O2. The van der Waals surface area contributed by atoms with Crippen molar-refractivity contribution in [3.63, 3.8) is 0 Å². The number of carboxylic acids is 1. The molecule has 0 unspecified atom stereocenters. The van der Waals surface area contributed by atoms with Gasteiger partial charge >= 0.3 is 0 Å². The van der Waals surface area contributed by atoms with E-state index >= 15 is 0 Å². The maximum atomic E-state index is 9.00. The van der Waals surface area contributed by atoms with E-state index in [1.165, 1.54) is 25.7 Å². The summed E-state index contributed by atoms with van der Waals surface area (Å²) in [5.41, 5.74) is 0. The molecule has 1 saturated carbocycles. The van der Waals surface area contributed by atoms with E-state index in [1.807, 2.05) is 0 Å². The fourth-order valence-electron chi connectivity index (χ4n) is 1.13.